The van der Waals surface area contributed by atoms with Gasteiger partial charge < -0.3 is 10.1 Å². The first-order valence-corrected chi connectivity index (χ1v) is 7.74. The molecule has 1 atom stereocenters. The molecule has 0 radical (unpaired) electrons. The molecule has 0 spiro atoms. The molecule has 1 fully saturated rings. The summed E-state index contributed by atoms with van der Waals surface area (Å²) in [6, 6.07) is 8.25. The molecule has 2 rings (SSSR count). The molecule has 18 heavy (non-hydrogen) atoms. The summed E-state index contributed by atoms with van der Waals surface area (Å²) in [5.41, 5.74) is 0. The van der Waals surface area contributed by atoms with Gasteiger partial charge >= 0.3 is 0 Å². The summed E-state index contributed by atoms with van der Waals surface area (Å²) in [6.07, 6.45) is 2.86. The lowest BCUT2D eigenvalue weighted by Crippen LogP contribution is -2.24. The fourth-order valence-electron chi connectivity index (χ4n) is 1.88. The van der Waals surface area contributed by atoms with Crippen molar-refractivity contribution >= 4 is 11.8 Å². The second kappa shape index (κ2) is 7.05. The lowest BCUT2D eigenvalue weighted by Gasteiger charge is -2.13. The normalized spacial score (nSPS) is 16.6. The first kappa shape index (κ1) is 13.8. The summed E-state index contributed by atoms with van der Waals surface area (Å²) in [4.78, 5) is 1.24. The fourth-order valence-corrected chi connectivity index (χ4v) is 2.94. The minimum absolute atomic E-state index is 0.693. The van der Waals surface area contributed by atoms with Gasteiger partial charge in [0, 0.05) is 10.6 Å². The zero-order chi connectivity index (χ0) is 12.8. The van der Waals surface area contributed by atoms with E-state index in [2.05, 4.69) is 24.4 Å². The SMILES string of the molecule is COc1ccccc1SCC(C)CNCC1CC1. The standard InChI is InChI=1S/C15H23NOS/c1-12(9-16-10-13-7-8-13)11-18-15-6-4-3-5-14(15)17-2/h3-6,12-13,16H,7-11H2,1-2H3. The van der Waals surface area contributed by atoms with Crippen molar-refractivity contribution in [3.05, 3.63) is 24.3 Å². The van der Waals surface area contributed by atoms with Crippen molar-refractivity contribution in [1.29, 1.82) is 0 Å². The molecule has 1 aromatic rings. The number of methoxy groups -OCH3 is 1. The van der Waals surface area contributed by atoms with Gasteiger partial charge in [-0.1, -0.05) is 19.1 Å². The molecule has 1 N–H and O–H groups in total. The van der Waals surface area contributed by atoms with Crippen LogP contribution in [-0.2, 0) is 0 Å². The van der Waals surface area contributed by atoms with Crippen molar-refractivity contribution < 1.29 is 4.74 Å². The summed E-state index contributed by atoms with van der Waals surface area (Å²) < 4.78 is 5.36. The molecule has 0 bridgehead atoms. The van der Waals surface area contributed by atoms with Crippen LogP contribution < -0.4 is 10.1 Å². The minimum Gasteiger partial charge on any atom is -0.496 e. The Labute approximate surface area is 114 Å². The Hall–Kier alpha value is -0.670. The maximum Gasteiger partial charge on any atom is 0.132 e. The lowest BCUT2D eigenvalue weighted by molar-refractivity contribution is 0.404. The number of ether oxygens (including phenoxy) is 1. The van der Waals surface area contributed by atoms with Gasteiger partial charge in [-0.05, 0) is 49.9 Å². The van der Waals surface area contributed by atoms with E-state index in [4.69, 9.17) is 4.74 Å². The summed E-state index contributed by atoms with van der Waals surface area (Å²) in [5, 5.41) is 3.57. The summed E-state index contributed by atoms with van der Waals surface area (Å²) in [5.74, 6) is 3.79. The number of thioether (sulfide) groups is 1. The van der Waals surface area contributed by atoms with E-state index in [9.17, 15) is 0 Å². The van der Waals surface area contributed by atoms with Crippen molar-refractivity contribution in [2.24, 2.45) is 11.8 Å². The highest BCUT2D eigenvalue weighted by Gasteiger charge is 2.20. The Kier molecular flexibility index (Phi) is 5.39. The Morgan fingerprint density at radius 2 is 2.17 bits per heavy atom. The Morgan fingerprint density at radius 1 is 1.39 bits per heavy atom. The Bertz CT molecular complexity index is 365. The Balaban J connectivity index is 1.68. The van der Waals surface area contributed by atoms with Gasteiger partial charge in [0.05, 0.1) is 7.11 Å². The zero-order valence-corrected chi connectivity index (χ0v) is 12.1. The van der Waals surface area contributed by atoms with E-state index in [1.807, 2.05) is 23.9 Å². The van der Waals surface area contributed by atoms with Crippen molar-refractivity contribution in [2.45, 2.75) is 24.7 Å². The van der Waals surface area contributed by atoms with Gasteiger partial charge in [0.25, 0.3) is 0 Å². The molecule has 1 aliphatic carbocycles. The van der Waals surface area contributed by atoms with Crippen LogP contribution in [0.3, 0.4) is 0 Å². The topological polar surface area (TPSA) is 21.3 Å². The van der Waals surface area contributed by atoms with E-state index < -0.39 is 0 Å². The second-order valence-electron chi connectivity index (χ2n) is 5.17. The molecular formula is C15H23NOS. The van der Waals surface area contributed by atoms with Crippen LogP contribution in [0.4, 0.5) is 0 Å². The zero-order valence-electron chi connectivity index (χ0n) is 11.3. The summed E-state index contributed by atoms with van der Waals surface area (Å²) >= 11 is 1.89. The third-order valence-electron chi connectivity index (χ3n) is 3.22. The summed E-state index contributed by atoms with van der Waals surface area (Å²) in [7, 11) is 1.74. The number of benzene rings is 1. The van der Waals surface area contributed by atoms with Crippen LogP contribution in [0.1, 0.15) is 19.8 Å². The van der Waals surface area contributed by atoms with Gasteiger partial charge in [-0.3, -0.25) is 0 Å². The van der Waals surface area contributed by atoms with Crippen molar-refractivity contribution in [3.63, 3.8) is 0 Å². The molecule has 0 amide bonds. The molecule has 100 valence electrons. The number of hydrogen-bond acceptors (Lipinski definition) is 3. The van der Waals surface area contributed by atoms with Gasteiger partial charge in [0.2, 0.25) is 0 Å². The molecule has 1 aromatic carbocycles. The van der Waals surface area contributed by atoms with E-state index in [1.54, 1.807) is 7.11 Å². The van der Waals surface area contributed by atoms with Gasteiger partial charge in [-0.2, -0.15) is 0 Å². The van der Waals surface area contributed by atoms with Crippen LogP contribution >= 0.6 is 11.8 Å². The lowest BCUT2D eigenvalue weighted by atomic mass is 10.2. The van der Waals surface area contributed by atoms with Crippen molar-refractivity contribution in [3.8, 4) is 5.75 Å². The highest BCUT2D eigenvalue weighted by molar-refractivity contribution is 7.99. The highest BCUT2D eigenvalue weighted by atomic mass is 32.2. The van der Waals surface area contributed by atoms with Crippen LogP contribution in [0.5, 0.6) is 5.75 Å². The molecule has 1 saturated carbocycles. The molecular weight excluding hydrogens is 242 g/mol. The van der Waals surface area contributed by atoms with E-state index >= 15 is 0 Å². The highest BCUT2D eigenvalue weighted by Crippen LogP contribution is 2.30. The molecule has 0 heterocycles. The maximum atomic E-state index is 5.36. The van der Waals surface area contributed by atoms with E-state index in [1.165, 1.54) is 24.3 Å². The van der Waals surface area contributed by atoms with E-state index in [-0.39, 0.29) is 0 Å². The van der Waals surface area contributed by atoms with E-state index in [0.29, 0.717) is 5.92 Å². The van der Waals surface area contributed by atoms with Crippen LogP contribution in [0.2, 0.25) is 0 Å². The van der Waals surface area contributed by atoms with E-state index in [0.717, 1.165) is 24.0 Å². The van der Waals surface area contributed by atoms with Gasteiger partial charge in [-0.25, -0.2) is 0 Å². The molecule has 0 aromatic heterocycles. The van der Waals surface area contributed by atoms with Gasteiger partial charge in [-0.15, -0.1) is 11.8 Å². The molecule has 3 heteroatoms. The average molecular weight is 265 g/mol. The van der Waals surface area contributed by atoms with Gasteiger partial charge in [0.1, 0.15) is 5.75 Å². The third-order valence-corrected chi connectivity index (χ3v) is 4.60. The molecule has 1 aliphatic rings. The predicted octanol–water partition coefficient (Wildman–Crippen LogP) is 3.42. The fraction of sp³-hybridized carbons (Fsp3) is 0.600. The van der Waals surface area contributed by atoms with Gasteiger partial charge in [0.15, 0.2) is 0 Å². The van der Waals surface area contributed by atoms with Crippen LogP contribution in [0, 0.1) is 11.8 Å². The first-order valence-electron chi connectivity index (χ1n) is 6.76. The number of para-hydroxylation sites is 1. The summed E-state index contributed by atoms with van der Waals surface area (Å²) in [6.45, 7) is 4.64. The molecule has 1 unspecified atom stereocenters. The predicted molar refractivity (Wildman–Crippen MR) is 78.5 cm³/mol. The molecule has 0 saturated heterocycles. The number of rotatable bonds is 8. The molecule has 0 aliphatic heterocycles. The maximum absolute atomic E-state index is 5.36. The van der Waals surface area contributed by atoms with Crippen molar-refractivity contribution in [2.75, 3.05) is 26.0 Å². The molecule has 2 nitrogen and oxygen atoms in total. The monoisotopic (exact) mass is 265 g/mol. The Morgan fingerprint density at radius 3 is 2.89 bits per heavy atom. The smallest absolute Gasteiger partial charge is 0.132 e. The van der Waals surface area contributed by atoms with Crippen molar-refractivity contribution in [1.82, 2.24) is 5.32 Å². The second-order valence-corrected chi connectivity index (χ2v) is 6.23. The number of nitrogens with one attached hydrogen (secondary N) is 1. The van der Waals surface area contributed by atoms with Crippen LogP contribution in [0.15, 0.2) is 29.2 Å². The minimum atomic E-state index is 0.693. The average Bonchev–Trinajstić information content (AvgIpc) is 3.21. The van der Waals surface area contributed by atoms with Crippen LogP contribution in [0.25, 0.3) is 0 Å². The number of hydrogen-bond donors (Lipinski definition) is 1. The largest absolute Gasteiger partial charge is 0.496 e. The quantitative estimate of drug-likeness (QED) is 0.728. The first-order chi connectivity index (χ1) is 8.79. The van der Waals surface area contributed by atoms with Crippen LogP contribution in [-0.4, -0.2) is 26.0 Å². The third kappa shape index (κ3) is 4.54.